The largest absolute Gasteiger partial charge is 0.398 e. The van der Waals surface area contributed by atoms with E-state index in [0.29, 0.717) is 0 Å². The summed E-state index contributed by atoms with van der Waals surface area (Å²) in [5.74, 6) is 0. The van der Waals surface area contributed by atoms with Crippen LogP contribution in [0.25, 0.3) is 22.3 Å². The lowest BCUT2D eigenvalue weighted by Gasteiger charge is -2.15. The van der Waals surface area contributed by atoms with Crippen LogP contribution in [0.3, 0.4) is 0 Å². The first kappa shape index (κ1) is 20.0. The molecule has 0 radical (unpaired) electrons. The summed E-state index contributed by atoms with van der Waals surface area (Å²) in [7, 11) is 0. The third-order valence-corrected chi connectivity index (χ3v) is 6.07. The molecule has 0 saturated heterocycles. The summed E-state index contributed by atoms with van der Waals surface area (Å²) in [5.41, 5.74) is 19.0. The number of hydrogen-bond donors (Lipinski definition) is 1. The first-order valence-corrected chi connectivity index (χ1v) is 10.6. The highest BCUT2D eigenvalue weighted by molar-refractivity contribution is 5.73. The molecule has 0 bridgehead atoms. The smallest absolute Gasteiger partial charge is 0.0353 e. The van der Waals surface area contributed by atoms with Crippen molar-refractivity contribution in [3.63, 3.8) is 0 Å². The number of nitrogen functional groups attached to an aromatic ring is 1. The Hall–Kier alpha value is -3.32. The van der Waals surface area contributed by atoms with E-state index in [0.717, 1.165) is 18.5 Å². The number of anilines is 1. The van der Waals surface area contributed by atoms with Gasteiger partial charge in [0.25, 0.3) is 0 Å². The molecule has 150 valence electrons. The van der Waals surface area contributed by atoms with Crippen molar-refractivity contribution in [1.82, 2.24) is 0 Å². The second-order valence-electron chi connectivity index (χ2n) is 8.18. The monoisotopic (exact) mass is 391 g/mol. The molecule has 0 heterocycles. The van der Waals surface area contributed by atoms with Crippen molar-refractivity contribution in [2.45, 2.75) is 33.6 Å². The number of benzene rings is 4. The van der Waals surface area contributed by atoms with E-state index in [1.54, 1.807) is 0 Å². The van der Waals surface area contributed by atoms with Crippen molar-refractivity contribution in [3.05, 3.63) is 113 Å². The quantitative estimate of drug-likeness (QED) is 0.355. The Labute approximate surface area is 180 Å². The first-order chi connectivity index (χ1) is 14.5. The molecule has 0 amide bonds. The Bertz CT molecular complexity index is 1160. The van der Waals surface area contributed by atoms with E-state index in [1.165, 1.54) is 50.1 Å². The zero-order valence-corrected chi connectivity index (χ0v) is 18.1. The van der Waals surface area contributed by atoms with Crippen molar-refractivity contribution >= 4 is 5.69 Å². The van der Waals surface area contributed by atoms with Gasteiger partial charge in [-0.2, -0.15) is 0 Å². The maximum atomic E-state index is 6.47. The Morgan fingerprint density at radius 2 is 1.20 bits per heavy atom. The summed E-state index contributed by atoms with van der Waals surface area (Å²) in [5, 5.41) is 0. The Balaban J connectivity index is 1.60. The zero-order valence-electron chi connectivity index (χ0n) is 18.1. The van der Waals surface area contributed by atoms with E-state index in [1.807, 2.05) is 6.07 Å². The molecule has 4 aromatic carbocycles. The average molecular weight is 392 g/mol. The Morgan fingerprint density at radius 3 is 1.83 bits per heavy atom. The van der Waals surface area contributed by atoms with Crippen LogP contribution in [0.1, 0.15) is 27.8 Å². The molecule has 0 unspecified atom stereocenters. The molecule has 0 saturated carbocycles. The molecule has 0 atom stereocenters. The summed E-state index contributed by atoms with van der Waals surface area (Å²) in [6, 6.07) is 30.2. The van der Waals surface area contributed by atoms with Gasteiger partial charge < -0.3 is 5.73 Å². The van der Waals surface area contributed by atoms with E-state index in [9.17, 15) is 0 Å². The third-order valence-electron chi connectivity index (χ3n) is 6.07. The molecule has 1 nitrogen and oxygen atoms in total. The van der Waals surface area contributed by atoms with Crippen molar-refractivity contribution < 1.29 is 0 Å². The van der Waals surface area contributed by atoms with Crippen LogP contribution in [0.15, 0.2) is 84.9 Å². The van der Waals surface area contributed by atoms with E-state index < -0.39 is 0 Å². The molecule has 4 aromatic rings. The van der Waals surface area contributed by atoms with Crippen LogP contribution in [0, 0.1) is 20.8 Å². The van der Waals surface area contributed by atoms with Crippen LogP contribution in [-0.4, -0.2) is 0 Å². The fourth-order valence-corrected chi connectivity index (χ4v) is 4.20. The minimum absolute atomic E-state index is 0.881. The van der Waals surface area contributed by atoms with Crippen LogP contribution in [-0.2, 0) is 12.8 Å². The molecule has 0 spiro atoms. The predicted molar refractivity (Wildman–Crippen MR) is 130 cm³/mol. The van der Waals surface area contributed by atoms with Crippen molar-refractivity contribution in [3.8, 4) is 22.3 Å². The van der Waals surface area contributed by atoms with Crippen LogP contribution in [0.2, 0.25) is 0 Å². The number of aryl methyl sites for hydroxylation is 4. The van der Waals surface area contributed by atoms with Gasteiger partial charge in [0.1, 0.15) is 0 Å². The van der Waals surface area contributed by atoms with Gasteiger partial charge >= 0.3 is 0 Å². The van der Waals surface area contributed by atoms with Gasteiger partial charge in [-0.1, -0.05) is 78.9 Å². The molecule has 2 N–H and O–H groups in total. The highest BCUT2D eigenvalue weighted by Gasteiger charge is 2.10. The van der Waals surface area contributed by atoms with E-state index in [2.05, 4.69) is 99.6 Å². The molecule has 0 fully saturated rings. The molecule has 0 aliphatic heterocycles. The van der Waals surface area contributed by atoms with Crippen LogP contribution >= 0.6 is 0 Å². The highest BCUT2D eigenvalue weighted by Crippen LogP contribution is 2.30. The topological polar surface area (TPSA) is 26.0 Å². The maximum Gasteiger partial charge on any atom is 0.0353 e. The average Bonchev–Trinajstić information content (AvgIpc) is 2.77. The van der Waals surface area contributed by atoms with Gasteiger partial charge in [-0.05, 0) is 89.8 Å². The van der Waals surface area contributed by atoms with Crippen LogP contribution in [0.4, 0.5) is 5.69 Å². The lowest BCUT2D eigenvalue weighted by Crippen LogP contribution is -2.01. The predicted octanol–water partition coefficient (Wildman–Crippen LogP) is 7.31. The number of hydrogen-bond acceptors (Lipinski definition) is 1. The normalized spacial score (nSPS) is 10.9. The van der Waals surface area contributed by atoms with Crippen LogP contribution < -0.4 is 5.73 Å². The minimum Gasteiger partial charge on any atom is -0.398 e. The van der Waals surface area contributed by atoms with Gasteiger partial charge in [-0.15, -0.1) is 0 Å². The SMILES string of the molecule is Cc1cc(CCc2cc(C)c(C)c(-c3ccccc3)c2)c(N)cc1-c1ccccc1. The molecule has 4 rings (SSSR count). The van der Waals surface area contributed by atoms with Crippen molar-refractivity contribution in [2.75, 3.05) is 5.73 Å². The lowest BCUT2D eigenvalue weighted by molar-refractivity contribution is 0.958. The van der Waals surface area contributed by atoms with Gasteiger partial charge in [-0.3, -0.25) is 0 Å². The standard InChI is InChI=1S/C29H29N/c1-20-16-23(18-28(22(20)3)25-12-8-5-9-13-25)14-15-26-17-21(2)27(19-29(26)30)24-10-6-4-7-11-24/h4-13,16-19H,14-15,30H2,1-3H3. The molecule has 30 heavy (non-hydrogen) atoms. The maximum absolute atomic E-state index is 6.47. The van der Waals surface area contributed by atoms with Gasteiger partial charge in [-0.25, -0.2) is 0 Å². The van der Waals surface area contributed by atoms with Crippen LogP contribution in [0.5, 0.6) is 0 Å². The molecule has 0 aliphatic carbocycles. The second-order valence-corrected chi connectivity index (χ2v) is 8.18. The van der Waals surface area contributed by atoms with Gasteiger partial charge in [0.2, 0.25) is 0 Å². The fourth-order valence-electron chi connectivity index (χ4n) is 4.20. The van der Waals surface area contributed by atoms with Gasteiger partial charge in [0.05, 0.1) is 0 Å². The van der Waals surface area contributed by atoms with Crippen molar-refractivity contribution in [2.24, 2.45) is 0 Å². The number of nitrogens with two attached hydrogens (primary N) is 1. The second kappa shape index (κ2) is 8.59. The summed E-state index contributed by atoms with van der Waals surface area (Å²) < 4.78 is 0. The summed E-state index contributed by atoms with van der Waals surface area (Å²) in [6.07, 6.45) is 1.92. The molecule has 0 aliphatic rings. The summed E-state index contributed by atoms with van der Waals surface area (Å²) in [6.45, 7) is 6.60. The zero-order chi connectivity index (χ0) is 21.1. The molecule has 0 aromatic heterocycles. The molecular formula is C29H29N. The highest BCUT2D eigenvalue weighted by atomic mass is 14.6. The first-order valence-electron chi connectivity index (χ1n) is 10.6. The third kappa shape index (κ3) is 4.16. The lowest BCUT2D eigenvalue weighted by atomic mass is 9.91. The van der Waals surface area contributed by atoms with E-state index >= 15 is 0 Å². The molecular weight excluding hydrogens is 362 g/mol. The number of rotatable bonds is 5. The Morgan fingerprint density at radius 1 is 0.600 bits per heavy atom. The Kier molecular flexibility index (Phi) is 5.72. The van der Waals surface area contributed by atoms with Gasteiger partial charge in [0, 0.05) is 5.69 Å². The summed E-state index contributed by atoms with van der Waals surface area (Å²) >= 11 is 0. The van der Waals surface area contributed by atoms with Crippen molar-refractivity contribution in [1.29, 1.82) is 0 Å². The van der Waals surface area contributed by atoms with Gasteiger partial charge in [0.15, 0.2) is 0 Å². The minimum atomic E-state index is 0.881. The van der Waals surface area contributed by atoms with E-state index in [-0.39, 0.29) is 0 Å². The summed E-state index contributed by atoms with van der Waals surface area (Å²) in [4.78, 5) is 0. The fraction of sp³-hybridized carbons (Fsp3) is 0.172. The molecule has 1 heteroatoms. The van der Waals surface area contributed by atoms with E-state index in [4.69, 9.17) is 5.73 Å².